The van der Waals surface area contributed by atoms with Gasteiger partial charge in [-0.2, -0.15) is 0 Å². The minimum atomic E-state index is -3.73. The molecule has 0 atom stereocenters. The standard InChI is InChI=1S/C17H17N3O3S2/c1-12-5-4-7-14(9-12)23-15-8-3-2-6-13(15)10-19-17-20-11-16(24-17)25(18,21)22/h2-9,11H,10H2,1H3,(H,19,20)(H2,18,21,22). The molecule has 0 amide bonds. The van der Waals surface area contributed by atoms with Crippen molar-refractivity contribution in [3.8, 4) is 11.5 Å². The normalized spacial score (nSPS) is 11.3. The van der Waals surface area contributed by atoms with Crippen molar-refractivity contribution < 1.29 is 13.2 Å². The molecule has 2 aromatic carbocycles. The molecular formula is C17H17N3O3S2. The van der Waals surface area contributed by atoms with Crippen molar-refractivity contribution in [1.82, 2.24) is 4.98 Å². The van der Waals surface area contributed by atoms with Crippen LogP contribution in [-0.4, -0.2) is 13.4 Å². The lowest BCUT2D eigenvalue weighted by atomic mass is 10.2. The summed E-state index contributed by atoms with van der Waals surface area (Å²) in [4.78, 5) is 4.03. The molecule has 0 fully saturated rings. The molecule has 1 heterocycles. The van der Waals surface area contributed by atoms with Crippen LogP contribution in [0.5, 0.6) is 11.5 Å². The Hall–Kier alpha value is -2.42. The summed E-state index contributed by atoms with van der Waals surface area (Å²) in [6.45, 7) is 2.45. The zero-order chi connectivity index (χ0) is 17.9. The van der Waals surface area contributed by atoms with Gasteiger partial charge < -0.3 is 10.1 Å². The number of benzene rings is 2. The van der Waals surface area contributed by atoms with Crippen LogP contribution >= 0.6 is 11.3 Å². The Labute approximate surface area is 150 Å². The van der Waals surface area contributed by atoms with E-state index in [1.54, 1.807) is 0 Å². The SMILES string of the molecule is Cc1cccc(Oc2ccccc2CNc2ncc(S(N)(=O)=O)s2)c1. The van der Waals surface area contributed by atoms with Gasteiger partial charge in [0.15, 0.2) is 9.34 Å². The van der Waals surface area contributed by atoms with Crippen molar-refractivity contribution in [3.63, 3.8) is 0 Å². The third-order valence-corrected chi connectivity index (χ3v) is 5.75. The number of hydrogen-bond donors (Lipinski definition) is 2. The molecule has 0 unspecified atom stereocenters. The number of para-hydroxylation sites is 1. The number of nitrogens with two attached hydrogens (primary N) is 1. The fraction of sp³-hybridized carbons (Fsp3) is 0.118. The first-order valence-corrected chi connectivity index (χ1v) is 9.83. The van der Waals surface area contributed by atoms with Crippen LogP contribution in [0.1, 0.15) is 11.1 Å². The van der Waals surface area contributed by atoms with Crippen LogP contribution in [0, 0.1) is 6.92 Å². The van der Waals surface area contributed by atoms with E-state index in [9.17, 15) is 8.42 Å². The summed E-state index contributed by atoms with van der Waals surface area (Å²) < 4.78 is 28.6. The van der Waals surface area contributed by atoms with Crippen LogP contribution in [0.25, 0.3) is 0 Å². The molecule has 0 aliphatic rings. The maximum atomic E-state index is 11.3. The number of nitrogens with one attached hydrogen (secondary N) is 1. The Kier molecular flexibility index (Phi) is 5.03. The molecule has 0 saturated carbocycles. The van der Waals surface area contributed by atoms with Crippen LogP contribution in [0.3, 0.4) is 0 Å². The zero-order valence-electron chi connectivity index (χ0n) is 13.5. The Morgan fingerprint density at radius 2 is 2.00 bits per heavy atom. The molecule has 0 saturated heterocycles. The Balaban J connectivity index is 1.74. The molecule has 3 N–H and O–H groups in total. The summed E-state index contributed by atoms with van der Waals surface area (Å²) in [6, 6.07) is 15.4. The number of thiazole rings is 1. The molecule has 0 bridgehead atoms. The maximum Gasteiger partial charge on any atom is 0.249 e. The molecule has 0 radical (unpaired) electrons. The summed E-state index contributed by atoms with van der Waals surface area (Å²) in [5.74, 6) is 1.49. The molecule has 3 rings (SSSR count). The minimum Gasteiger partial charge on any atom is -0.457 e. The predicted octanol–water partition coefficient (Wildman–Crippen LogP) is 3.50. The van der Waals surface area contributed by atoms with E-state index in [2.05, 4.69) is 10.3 Å². The van der Waals surface area contributed by atoms with E-state index in [0.29, 0.717) is 11.7 Å². The van der Waals surface area contributed by atoms with Crippen molar-refractivity contribution >= 4 is 26.5 Å². The molecule has 25 heavy (non-hydrogen) atoms. The highest BCUT2D eigenvalue weighted by atomic mass is 32.2. The average molecular weight is 375 g/mol. The third kappa shape index (κ3) is 4.56. The lowest BCUT2D eigenvalue weighted by Gasteiger charge is -2.12. The highest BCUT2D eigenvalue weighted by Gasteiger charge is 2.13. The van der Waals surface area contributed by atoms with Crippen LogP contribution < -0.4 is 15.2 Å². The number of hydrogen-bond acceptors (Lipinski definition) is 6. The third-order valence-electron chi connectivity index (χ3n) is 3.38. The molecule has 3 aromatic rings. The van der Waals surface area contributed by atoms with E-state index in [-0.39, 0.29) is 4.21 Å². The van der Waals surface area contributed by atoms with E-state index in [1.807, 2.05) is 55.5 Å². The number of primary sulfonamides is 1. The van der Waals surface area contributed by atoms with Crippen LogP contribution in [-0.2, 0) is 16.6 Å². The van der Waals surface area contributed by atoms with E-state index >= 15 is 0 Å². The predicted molar refractivity (Wildman–Crippen MR) is 98.5 cm³/mol. The number of aryl methyl sites for hydroxylation is 1. The van der Waals surface area contributed by atoms with Crippen molar-refractivity contribution in [3.05, 3.63) is 65.9 Å². The Morgan fingerprint density at radius 1 is 1.20 bits per heavy atom. The van der Waals surface area contributed by atoms with E-state index in [0.717, 1.165) is 34.0 Å². The number of nitrogens with zero attached hydrogens (tertiary/aromatic N) is 1. The van der Waals surface area contributed by atoms with Gasteiger partial charge in [0.1, 0.15) is 11.5 Å². The van der Waals surface area contributed by atoms with Crippen molar-refractivity contribution in [2.75, 3.05) is 5.32 Å². The van der Waals surface area contributed by atoms with Gasteiger partial charge in [0.05, 0.1) is 6.20 Å². The second-order valence-electron chi connectivity index (χ2n) is 5.41. The molecular weight excluding hydrogens is 358 g/mol. The van der Waals surface area contributed by atoms with E-state index in [4.69, 9.17) is 9.88 Å². The first-order valence-electron chi connectivity index (χ1n) is 7.47. The van der Waals surface area contributed by atoms with Crippen molar-refractivity contribution in [2.45, 2.75) is 17.7 Å². The van der Waals surface area contributed by atoms with E-state index < -0.39 is 10.0 Å². The van der Waals surface area contributed by atoms with Crippen molar-refractivity contribution in [1.29, 1.82) is 0 Å². The fourth-order valence-corrected chi connectivity index (χ4v) is 3.65. The summed E-state index contributed by atoms with van der Waals surface area (Å²) in [6.07, 6.45) is 1.25. The highest BCUT2D eigenvalue weighted by molar-refractivity contribution is 7.91. The first-order chi connectivity index (χ1) is 11.9. The monoisotopic (exact) mass is 375 g/mol. The van der Waals surface area contributed by atoms with Crippen LogP contribution in [0.4, 0.5) is 5.13 Å². The maximum absolute atomic E-state index is 11.3. The number of rotatable bonds is 6. The Morgan fingerprint density at radius 3 is 2.72 bits per heavy atom. The molecule has 0 aliphatic carbocycles. The summed E-state index contributed by atoms with van der Waals surface area (Å²) in [5, 5.41) is 8.67. The van der Waals surface area contributed by atoms with Gasteiger partial charge in [-0.1, -0.05) is 41.7 Å². The van der Waals surface area contributed by atoms with Crippen LogP contribution in [0.2, 0.25) is 0 Å². The number of ether oxygens (including phenoxy) is 1. The molecule has 1 aromatic heterocycles. The highest BCUT2D eigenvalue weighted by Crippen LogP contribution is 2.27. The number of sulfonamides is 1. The molecule has 8 heteroatoms. The lowest BCUT2D eigenvalue weighted by Crippen LogP contribution is -2.09. The van der Waals surface area contributed by atoms with Gasteiger partial charge >= 0.3 is 0 Å². The topological polar surface area (TPSA) is 94.3 Å². The van der Waals surface area contributed by atoms with Gasteiger partial charge in [-0.25, -0.2) is 18.5 Å². The van der Waals surface area contributed by atoms with Gasteiger partial charge in [-0.05, 0) is 30.7 Å². The smallest absolute Gasteiger partial charge is 0.249 e. The van der Waals surface area contributed by atoms with Gasteiger partial charge in [-0.15, -0.1) is 0 Å². The van der Waals surface area contributed by atoms with Gasteiger partial charge in [0, 0.05) is 12.1 Å². The van der Waals surface area contributed by atoms with Gasteiger partial charge in [-0.3, -0.25) is 0 Å². The fourth-order valence-electron chi connectivity index (χ4n) is 2.20. The summed E-state index contributed by atoms with van der Waals surface area (Å²) >= 11 is 0.995. The van der Waals surface area contributed by atoms with E-state index in [1.165, 1.54) is 6.20 Å². The van der Waals surface area contributed by atoms with Crippen molar-refractivity contribution in [2.24, 2.45) is 5.14 Å². The lowest BCUT2D eigenvalue weighted by molar-refractivity contribution is 0.476. The molecule has 6 nitrogen and oxygen atoms in total. The number of anilines is 1. The van der Waals surface area contributed by atoms with Gasteiger partial charge in [0.2, 0.25) is 10.0 Å². The Bertz CT molecular complexity index is 984. The minimum absolute atomic E-state index is 0.0271. The van der Waals surface area contributed by atoms with Crippen LogP contribution in [0.15, 0.2) is 58.9 Å². The van der Waals surface area contributed by atoms with Gasteiger partial charge in [0.25, 0.3) is 0 Å². The quantitative estimate of drug-likeness (QED) is 0.688. The second-order valence-corrected chi connectivity index (χ2v) is 8.23. The number of aromatic nitrogens is 1. The average Bonchev–Trinajstić information content (AvgIpc) is 3.03. The zero-order valence-corrected chi connectivity index (χ0v) is 15.1. The first kappa shape index (κ1) is 17.4. The largest absolute Gasteiger partial charge is 0.457 e. The summed E-state index contributed by atoms with van der Waals surface area (Å²) in [7, 11) is -3.73. The molecule has 0 spiro atoms. The molecule has 130 valence electrons. The molecule has 0 aliphatic heterocycles. The summed E-state index contributed by atoms with van der Waals surface area (Å²) in [5.41, 5.74) is 2.04. The second kappa shape index (κ2) is 7.22.